The van der Waals surface area contributed by atoms with Crippen molar-refractivity contribution in [3.05, 3.63) is 60.2 Å². The van der Waals surface area contributed by atoms with Gasteiger partial charge in [0.05, 0.1) is 4.90 Å². The molecule has 2 rings (SSSR count). The average Bonchev–Trinajstić information content (AvgIpc) is 2.70. The van der Waals surface area contributed by atoms with Crippen molar-refractivity contribution >= 4 is 38.4 Å². The number of hydrogen-bond acceptors (Lipinski definition) is 7. The molecule has 0 bridgehead atoms. The maximum Gasteiger partial charge on any atom is 0.244 e. The fraction of sp³-hybridized carbons (Fsp3) is 0.278. The van der Waals surface area contributed by atoms with Crippen LogP contribution in [-0.2, 0) is 24.7 Å². The van der Waals surface area contributed by atoms with E-state index in [0.717, 1.165) is 16.1 Å². The maximum absolute atomic E-state index is 13.3. The number of sulfone groups is 1. The van der Waals surface area contributed by atoms with Crippen LogP contribution < -0.4 is 5.48 Å². The molecule has 0 saturated heterocycles. The maximum atomic E-state index is 13.3. The first-order valence-electron chi connectivity index (χ1n) is 8.52. The number of nitrogens with one attached hydrogen (secondary N) is 1. The fourth-order valence-electron chi connectivity index (χ4n) is 2.67. The summed E-state index contributed by atoms with van der Waals surface area (Å²) in [6, 6.07) is 14.2. The Balaban J connectivity index is 2.46. The second-order valence-electron chi connectivity index (χ2n) is 6.29. The zero-order valence-corrected chi connectivity index (χ0v) is 18.1. The quantitative estimate of drug-likeness (QED) is 0.298. The van der Waals surface area contributed by atoms with E-state index in [9.17, 15) is 21.6 Å². The van der Waals surface area contributed by atoms with Crippen LogP contribution in [0.3, 0.4) is 0 Å². The summed E-state index contributed by atoms with van der Waals surface area (Å²) < 4.78 is 51.8. The van der Waals surface area contributed by atoms with Crippen LogP contribution in [0, 0.1) is 0 Å². The molecule has 1 atom stereocenters. The third-order valence-electron chi connectivity index (χ3n) is 4.14. The molecule has 158 valence electrons. The molecule has 0 heterocycles. The van der Waals surface area contributed by atoms with E-state index in [1.54, 1.807) is 24.3 Å². The number of thiol groups is 1. The van der Waals surface area contributed by atoms with Crippen LogP contribution in [0.15, 0.2) is 64.4 Å². The Morgan fingerprint density at radius 3 is 2.14 bits per heavy atom. The second-order valence-corrected chi connectivity index (χ2v) is 10.8. The number of sulfonamides is 1. The van der Waals surface area contributed by atoms with E-state index in [4.69, 9.17) is 5.21 Å². The number of benzene rings is 2. The summed E-state index contributed by atoms with van der Waals surface area (Å²) in [5.74, 6) is -0.767. The Kier molecular flexibility index (Phi) is 7.83. The highest BCUT2D eigenvalue weighted by Gasteiger charge is 2.31. The summed E-state index contributed by atoms with van der Waals surface area (Å²) in [4.78, 5) is 10.8. The van der Waals surface area contributed by atoms with Gasteiger partial charge in [0.15, 0.2) is 9.84 Å². The minimum absolute atomic E-state index is 0.105. The van der Waals surface area contributed by atoms with Crippen molar-refractivity contribution in [3.8, 4) is 0 Å². The van der Waals surface area contributed by atoms with Gasteiger partial charge in [-0.2, -0.15) is 16.9 Å². The Hall–Kier alpha value is -1.92. The van der Waals surface area contributed by atoms with Gasteiger partial charge in [0.2, 0.25) is 15.9 Å². The molecular weight excluding hydrogens is 436 g/mol. The predicted molar refractivity (Wildman–Crippen MR) is 111 cm³/mol. The lowest BCUT2D eigenvalue weighted by Crippen LogP contribution is -2.37. The third-order valence-corrected chi connectivity index (χ3v) is 7.81. The fourth-order valence-corrected chi connectivity index (χ4v) is 6.21. The molecule has 0 aromatic heterocycles. The summed E-state index contributed by atoms with van der Waals surface area (Å²) in [5.41, 5.74) is 2.22. The first-order valence-corrected chi connectivity index (χ1v) is 12.4. The van der Waals surface area contributed by atoms with Gasteiger partial charge in [-0.15, -0.1) is 0 Å². The molecule has 0 spiro atoms. The van der Waals surface area contributed by atoms with Crippen molar-refractivity contribution in [1.82, 2.24) is 9.79 Å². The van der Waals surface area contributed by atoms with E-state index in [-0.39, 0.29) is 29.3 Å². The molecule has 2 aromatic carbocycles. The molecule has 1 amide bonds. The van der Waals surface area contributed by atoms with Crippen molar-refractivity contribution in [2.45, 2.75) is 21.5 Å². The summed E-state index contributed by atoms with van der Waals surface area (Å²) >= 11 is 4.48. The van der Waals surface area contributed by atoms with Gasteiger partial charge in [0.1, 0.15) is 4.90 Å². The first-order chi connectivity index (χ1) is 13.6. The van der Waals surface area contributed by atoms with Gasteiger partial charge in [-0.25, -0.2) is 22.3 Å². The van der Waals surface area contributed by atoms with Crippen molar-refractivity contribution in [2.24, 2.45) is 0 Å². The van der Waals surface area contributed by atoms with Crippen LogP contribution in [0.25, 0.3) is 0 Å². The first kappa shape index (κ1) is 23.4. The van der Waals surface area contributed by atoms with E-state index in [1.807, 2.05) is 6.07 Å². The van der Waals surface area contributed by atoms with Gasteiger partial charge in [-0.1, -0.05) is 42.5 Å². The van der Waals surface area contributed by atoms with Gasteiger partial charge in [-0.05, 0) is 17.7 Å². The lowest BCUT2D eigenvalue weighted by molar-refractivity contribution is -0.129. The van der Waals surface area contributed by atoms with Crippen molar-refractivity contribution < 1.29 is 26.8 Å². The number of hydrogen-bond donors (Lipinski definition) is 3. The molecule has 0 aliphatic carbocycles. The number of hydroxylamine groups is 1. The van der Waals surface area contributed by atoms with Crippen molar-refractivity contribution in [3.63, 3.8) is 0 Å². The molecule has 1 unspecified atom stereocenters. The van der Waals surface area contributed by atoms with E-state index in [0.29, 0.717) is 0 Å². The Bertz CT molecular complexity index is 1060. The molecule has 0 fully saturated rings. The number of nitrogens with zero attached hydrogens (tertiary/aromatic N) is 1. The van der Waals surface area contributed by atoms with Crippen molar-refractivity contribution in [2.75, 3.05) is 19.3 Å². The normalized spacial score (nSPS) is 13.2. The Morgan fingerprint density at radius 2 is 1.59 bits per heavy atom. The lowest BCUT2D eigenvalue weighted by atomic mass is 10.1. The van der Waals surface area contributed by atoms with E-state index in [1.165, 1.54) is 29.7 Å². The Morgan fingerprint density at radius 1 is 1.03 bits per heavy atom. The lowest BCUT2D eigenvalue weighted by Gasteiger charge is -2.25. The van der Waals surface area contributed by atoms with Gasteiger partial charge in [-0.3, -0.25) is 10.0 Å². The summed E-state index contributed by atoms with van der Waals surface area (Å²) in [5, 5.41) is 8.20. The van der Waals surface area contributed by atoms with Crippen LogP contribution in [0.4, 0.5) is 0 Å². The van der Waals surface area contributed by atoms with E-state index < -0.39 is 31.0 Å². The Labute approximate surface area is 175 Å². The molecule has 0 aliphatic rings. The number of amides is 1. The zero-order valence-electron chi connectivity index (χ0n) is 15.6. The zero-order chi connectivity index (χ0) is 21.7. The molecule has 8 nitrogen and oxygen atoms in total. The predicted octanol–water partition coefficient (Wildman–Crippen LogP) is 1.65. The summed E-state index contributed by atoms with van der Waals surface area (Å²) in [6.07, 6.45) is 0.613. The molecule has 11 heteroatoms. The number of carbonyl (C=O) groups is 1. The van der Waals surface area contributed by atoms with Crippen LogP contribution in [0.2, 0.25) is 0 Å². The van der Waals surface area contributed by atoms with Crippen LogP contribution in [0.5, 0.6) is 0 Å². The molecule has 0 aliphatic heterocycles. The van der Waals surface area contributed by atoms with Gasteiger partial charge in [0, 0.05) is 31.0 Å². The van der Waals surface area contributed by atoms with E-state index >= 15 is 0 Å². The standard InChI is InChI=1S/C18H22N2O6S3/c1-28(23,24)16-9-5-6-10-17(16)29(25,26)20(12-11-18(21)19-22)13-15(27)14-7-3-2-4-8-14/h2-10,15,22,27H,11-13H2,1H3,(H,19,21). The molecular formula is C18H22N2O6S3. The molecule has 29 heavy (non-hydrogen) atoms. The molecule has 2 N–H and O–H groups in total. The highest BCUT2D eigenvalue weighted by molar-refractivity contribution is 7.93. The number of carbonyl (C=O) groups excluding carboxylic acids is 1. The third kappa shape index (κ3) is 6.03. The topological polar surface area (TPSA) is 121 Å². The largest absolute Gasteiger partial charge is 0.289 e. The van der Waals surface area contributed by atoms with Crippen LogP contribution >= 0.6 is 12.6 Å². The second kappa shape index (κ2) is 9.72. The highest BCUT2D eigenvalue weighted by Crippen LogP contribution is 2.28. The van der Waals surface area contributed by atoms with Crippen LogP contribution in [-0.4, -0.2) is 51.6 Å². The SMILES string of the molecule is CS(=O)(=O)c1ccccc1S(=O)(=O)N(CCC(=O)NO)CC(S)c1ccccc1. The van der Waals surface area contributed by atoms with Gasteiger partial charge < -0.3 is 0 Å². The summed E-state index contributed by atoms with van der Waals surface area (Å²) in [6.45, 7) is -0.372. The number of rotatable bonds is 9. The average molecular weight is 459 g/mol. The van der Waals surface area contributed by atoms with Crippen LogP contribution in [0.1, 0.15) is 17.2 Å². The van der Waals surface area contributed by atoms with Crippen molar-refractivity contribution in [1.29, 1.82) is 0 Å². The smallest absolute Gasteiger partial charge is 0.244 e. The monoisotopic (exact) mass is 458 g/mol. The minimum atomic E-state index is -4.28. The van der Waals surface area contributed by atoms with Gasteiger partial charge >= 0.3 is 0 Å². The molecule has 2 aromatic rings. The van der Waals surface area contributed by atoms with Gasteiger partial charge in [0.25, 0.3) is 0 Å². The molecule has 0 radical (unpaired) electrons. The molecule has 0 saturated carbocycles. The highest BCUT2D eigenvalue weighted by atomic mass is 32.2. The summed E-state index contributed by atoms with van der Waals surface area (Å²) in [7, 11) is -8.09. The van der Waals surface area contributed by atoms with E-state index in [2.05, 4.69) is 12.6 Å². The minimum Gasteiger partial charge on any atom is -0.289 e.